The molecule has 0 aromatic carbocycles. The van der Waals surface area contributed by atoms with Crippen molar-refractivity contribution in [1.82, 2.24) is 15.6 Å². The van der Waals surface area contributed by atoms with E-state index in [1.807, 2.05) is 13.8 Å². The van der Waals surface area contributed by atoms with E-state index >= 15 is 0 Å². The van der Waals surface area contributed by atoms with Crippen molar-refractivity contribution < 1.29 is 9.59 Å². The summed E-state index contributed by atoms with van der Waals surface area (Å²) < 4.78 is 0. The first-order valence-corrected chi connectivity index (χ1v) is 6.87. The maximum absolute atomic E-state index is 12.0. The van der Waals surface area contributed by atoms with E-state index in [2.05, 4.69) is 20.9 Å². The summed E-state index contributed by atoms with van der Waals surface area (Å²) in [5.74, 6) is -0.549. The molecule has 0 spiro atoms. The third-order valence-electron chi connectivity index (χ3n) is 2.66. The smallest absolute Gasteiger partial charge is 0.270 e. The van der Waals surface area contributed by atoms with Gasteiger partial charge in [-0.05, 0) is 32.4 Å². The number of rotatable bonds is 7. The molecule has 6 nitrogen and oxygen atoms in total. The molecule has 20 heavy (non-hydrogen) atoms. The number of amides is 2. The van der Waals surface area contributed by atoms with Gasteiger partial charge in [0.05, 0.1) is 0 Å². The molecule has 0 radical (unpaired) electrons. The fourth-order valence-electron chi connectivity index (χ4n) is 1.61. The predicted octanol–water partition coefficient (Wildman–Crippen LogP) is 1.16. The molecule has 0 saturated heterocycles. The fourth-order valence-corrected chi connectivity index (χ4v) is 1.61. The van der Waals surface area contributed by atoms with Gasteiger partial charge >= 0.3 is 0 Å². The summed E-state index contributed by atoms with van der Waals surface area (Å²) in [5.41, 5.74) is 1.12. The van der Waals surface area contributed by atoms with Gasteiger partial charge in [-0.3, -0.25) is 14.6 Å². The minimum absolute atomic E-state index is 0.192. The summed E-state index contributed by atoms with van der Waals surface area (Å²) in [4.78, 5) is 27.7. The Kier molecular flexibility index (Phi) is 6.49. The Labute approximate surface area is 119 Å². The van der Waals surface area contributed by atoms with E-state index in [-0.39, 0.29) is 11.8 Å². The predicted molar refractivity (Wildman–Crippen MR) is 78.6 cm³/mol. The Hall–Kier alpha value is -2.11. The average Bonchev–Trinajstić information content (AvgIpc) is 2.45. The molecule has 3 N–H and O–H groups in total. The van der Waals surface area contributed by atoms with Crippen molar-refractivity contribution in [2.45, 2.75) is 33.2 Å². The topological polar surface area (TPSA) is 83.1 Å². The Morgan fingerprint density at radius 2 is 2.10 bits per heavy atom. The fraction of sp³-hybridized carbons (Fsp3) is 0.500. The Morgan fingerprint density at radius 1 is 1.35 bits per heavy atom. The lowest BCUT2D eigenvalue weighted by molar-refractivity contribution is -0.122. The van der Waals surface area contributed by atoms with Crippen molar-refractivity contribution in [2.24, 2.45) is 0 Å². The maximum atomic E-state index is 12.0. The first-order chi connectivity index (χ1) is 9.58. The largest absolute Gasteiger partial charge is 0.385 e. The Bertz CT molecular complexity index is 462. The summed E-state index contributed by atoms with van der Waals surface area (Å²) in [5, 5.41) is 8.47. The molecular formula is C14H22N4O2. The minimum atomic E-state index is -0.585. The molecule has 0 aliphatic heterocycles. The normalized spacial score (nSPS) is 11.6. The lowest BCUT2D eigenvalue weighted by atomic mass is 10.2. The Morgan fingerprint density at radius 3 is 2.75 bits per heavy atom. The number of anilines is 1. The van der Waals surface area contributed by atoms with Crippen LogP contribution >= 0.6 is 0 Å². The van der Waals surface area contributed by atoms with Crippen LogP contribution < -0.4 is 16.0 Å². The van der Waals surface area contributed by atoms with E-state index in [4.69, 9.17) is 0 Å². The molecule has 110 valence electrons. The number of carbonyl (C=O) groups is 2. The van der Waals surface area contributed by atoms with Crippen LogP contribution in [-0.4, -0.2) is 35.9 Å². The molecule has 0 aliphatic carbocycles. The van der Waals surface area contributed by atoms with E-state index in [1.165, 1.54) is 0 Å². The van der Waals surface area contributed by atoms with Crippen LogP contribution in [0, 0.1) is 0 Å². The third-order valence-corrected chi connectivity index (χ3v) is 2.66. The molecule has 1 heterocycles. The van der Waals surface area contributed by atoms with E-state index in [0.29, 0.717) is 12.2 Å². The lowest BCUT2D eigenvalue weighted by Crippen LogP contribution is -2.45. The van der Waals surface area contributed by atoms with Crippen molar-refractivity contribution >= 4 is 17.5 Å². The van der Waals surface area contributed by atoms with Crippen LogP contribution in [0.2, 0.25) is 0 Å². The van der Waals surface area contributed by atoms with Crippen LogP contribution in [0.15, 0.2) is 18.3 Å². The first-order valence-electron chi connectivity index (χ1n) is 6.87. The van der Waals surface area contributed by atoms with E-state index in [0.717, 1.165) is 18.7 Å². The van der Waals surface area contributed by atoms with Crippen molar-refractivity contribution in [2.75, 3.05) is 18.4 Å². The molecule has 1 atom stereocenters. The molecule has 0 aliphatic rings. The van der Waals surface area contributed by atoms with Gasteiger partial charge in [-0.1, -0.05) is 6.92 Å². The monoisotopic (exact) mass is 278 g/mol. The highest BCUT2D eigenvalue weighted by molar-refractivity contribution is 5.96. The SMILES string of the molecule is CCCNC(=O)C(C)NC(=O)c1cc(NCC)ccn1. The zero-order chi connectivity index (χ0) is 15.0. The van der Waals surface area contributed by atoms with Gasteiger partial charge in [0.15, 0.2) is 0 Å². The summed E-state index contributed by atoms with van der Waals surface area (Å²) in [6.07, 6.45) is 2.42. The summed E-state index contributed by atoms with van der Waals surface area (Å²) in [6.45, 7) is 6.96. The molecule has 0 saturated carbocycles. The molecule has 0 fully saturated rings. The quantitative estimate of drug-likeness (QED) is 0.699. The van der Waals surface area contributed by atoms with Crippen molar-refractivity contribution in [3.05, 3.63) is 24.0 Å². The number of hydrogen-bond donors (Lipinski definition) is 3. The number of hydrogen-bond acceptors (Lipinski definition) is 4. The van der Waals surface area contributed by atoms with Crippen molar-refractivity contribution in [3.63, 3.8) is 0 Å². The van der Waals surface area contributed by atoms with Gasteiger partial charge in [0.25, 0.3) is 5.91 Å². The first kappa shape index (κ1) is 15.9. The van der Waals surface area contributed by atoms with Crippen LogP contribution in [0.5, 0.6) is 0 Å². The van der Waals surface area contributed by atoms with Crippen LogP contribution in [0.1, 0.15) is 37.7 Å². The highest BCUT2D eigenvalue weighted by Crippen LogP contribution is 2.07. The number of pyridine rings is 1. The number of nitrogens with one attached hydrogen (secondary N) is 3. The second-order valence-corrected chi connectivity index (χ2v) is 4.45. The van der Waals surface area contributed by atoms with Crippen LogP contribution in [0.4, 0.5) is 5.69 Å². The van der Waals surface area contributed by atoms with E-state index in [9.17, 15) is 9.59 Å². The van der Waals surface area contributed by atoms with Gasteiger partial charge in [-0.25, -0.2) is 0 Å². The standard InChI is InChI=1S/C14H22N4O2/c1-4-7-17-13(19)10(3)18-14(20)12-9-11(15-5-2)6-8-16-12/h6,8-10H,4-5,7H2,1-3H3,(H,15,16)(H,17,19)(H,18,20). The van der Waals surface area contributed by atoms with Crippen LogP contribution in [0.25, 0.3) is 0 Å². The van der Waals surface area contributed by atoms with Crippen LogP contribution in [0.3, 0.4) is 0 Å². The second-order valence-electron chi connectivity index (χ2n) is 4.45. The van der Waals surface area contributed by atoms with Gasteiger partial charge in [-0.15, -0.1) is 0 Å². The lowest BCUT2D eigenvalue weighted by Gasteiger charge is -2.13. The molecule has 1 rings (SSSR count). The summed E-state index contributed by atoms with van der Waals surface area (Å²) >= 11 is 0. The van der Waals surface area contributed by atoms with Gasteiger partial charge in [0.1, 0.15) is 11.7 Å². The molecule has 1 aromatic rings. The zero-order valence-electron chi connectivity index (χ0n) is 12.2. The molecule has 1 unspecified atom stereocenters. The average molecular weight is 278 g/mol. The van der Waals surface area contributed by atoms with Crippen molar-refractivity contribution in [3.8, 4) is 0 Å². The maximum Gasteiger partial charge on any atom is 0.270 e. The Balaban J connectivity index is 2.61. The second kappa shape index (κ2) is 8.14. The van der Waals surface area contributed by atoms with Gasteiger partial charge in [-0.2, -0.15) is 0 Å². The molecule has 2 amide bonds. The van der Waals surface area contributed by atoms with E-state index < -0.39 is 6.04 Å². The summed E-state index contributed by atoms with van der Waals surface area (Å²) in [7, 11) is 0. The van der Waals surface area contributed by atoms with Crippen LogP contribution in [-0.2, 0) is 4.79 Å². The molecule has 0 bridgehead atoms. The molecular weight excluding hydrogens is 256 g/mol. The number of carbonyl (C=O) groups excluding carboxylic acids is 2. The third kappa shape index (κ3) is 4.87. The van der Waals surface area contributed by atoms with Gasteiger partial charge < -0.3 is 16.0 Å². The number of nitrogens with zero attached hydrogens (tertiary/aromatic N) is 1. The van der Waals surface area contributed by atoms with Gasteiger partial charge in [0, 0.05) is 25.0 Å². The van der Waals surface area contributed by atoms with Gasteiger partial charge in [0.2, 0.25) is 5.91 Å². The zero-order valence-corrected chi connectivity index (χ0v) is 12.2. The molecule has 1 aromatic heterocycles. The van der Waals surface area contributed by atoms with Crippen molar-refractivity contribution in [1.29, 1.82) is 0 Å². The summed E-state index contributed by atoms with van der Waals surface area (Å²) in [6, 6.07) is 2.87. The highest BCUT2D eigenvalue weighted by atomic mass is 16.2. The molecule has 6 heteroatoms. The highest BCUT2D eigenvalue weighted by Gasteiger charge is 2.16. The minimum Gasteiger partial charge on any atom is -0.385 e. The number of aromatic nitrogens is 1. The van der Waals surface area contributed by atoms with E-state index in [1.54, 1.807) is 25.3 Å².